The third-order valence-electron chi connectivity index (χ3n) is 4.33. The fraction of sp³-hybridized carbons (Fsp3) is 0.300. The molecule has 0 radical (unpaired) electrons. The summed E-state index contributed by atoms with van der Waals surface area (Å²) in [5, 5.41) is 0. The standard InChI is InChI=1S/C20H20FN/c1-2-18(19-8-4-5-9-20(19)21)16-10-12-17(13-11-16)22-14-6-3-7-15-22/h1,4-5,8-13,18H,3,6-7,14-15H2. The van der Waals surface area contributed by atoms with Crippen LogP contribution in [0.2, 0.25) is 0 Å². The zero-order valence-corrected chi connectivity index (χ0v) is 12.6. The van der Waals surface area contributed by atoms with E-state index in [0.29, 0.717) is 5.56 Å². The van der Waals surface area contributed by atoms with Gasteiger partial charge in [0, 0.05) is 24.3 Å². The quantitative estimate of drug-likeness (QED) is 0.749. The van der Waals surface area contributed by atoms with Gasteiger partial charge in [0.2, 0.25) is 0 Å². The molecule has 22 heavy (non-hydrogen) atoms. The molecule has 1 heterocycles. The summed E-state index contributed by atoms with van der Waals surface area (Å²) in [4.78, 5) is 2.40. The Balaban J connectivity index is 1.85. The van der Waals surface area contributed by atoms with Crippen LogP contribution in [0.1, 0.15) is 36.3 Å². The fourth-order valence-electron chi connectivity index (χ4n) is 3.10. The highest BCUT2D eigenvalue weighted by Crippen LogP contribution is 2.28. The molecule has 0 aliphatic carbocycles. The molecule has 1 nitrogen and oxygen atoms in total. The molecule has 1 saturated heterocycles. The molecule has 0 amide bonds. The van der Waals surface area contributed by atoms with Crippen LogP contribution in [-0.2, 0) is 0 Å². The minimum atomic E-state index is -0.336. The van der Waals surface area contributed by atoms with E-state index in [-0.39, 0.29) is 11.7 Å². The van der Waals surface area contributed by atoms with Crippen molar-refractivity contribution in [3.05, 3.63) is 65.5 Å². The van der Waals surface area contributed by atoms with Crippen molar-refractivity contribution >= 4 is 5.69 Å². The number of hydrogen-bond donors (Lipinski definition) is 0. The number of halogens is 1. The Hall–Kier alpha value is -2.27. The van der Waals surface area contributed by atoms with Crippen LogP contribution in [0.3, 0.4) is 0 Å². The molecule has 0 N–H and O–H groups in total. The average Bonchev–Trinajstić information content (AvgIpc) is 2.59. The number of terminal acetylenes is 1. The van der Waals surface area contributed by atoms with Crippen LogP contribution in [0.4, 0.5) is 10.1 Å². The third-order valence-corrected chi connectivity index (χ3v) is 4.33. The average molecular weight is 293 g/mol. The summed E-state index contributed by atoms with van der Waals surface area (Å²) in [6.07, 6.45) is 9.49. The summed E-state index contributed by atoms with van der Waals surface area (Å²) in [6.45, 7) is 2.23. The molecule has 2 aromatic rings. The minimum absolute atomic E-state index is 0.245. The van der Waals surface area contributed by atoms with E-state index < -0.39 is 0 Å². The molecule has 1 fully saturated rings. The van der Waals surface area contributed by atoms with Gasteiger partial charge in [-0.25, -0.2) is 4.39 Å². The SMILES string of the molecule is C#CC(c1ccc(N2CCCCC2)cc1)c1ccccc1F. The lowest BCUT2D eigenvalue weighted by atomic mass is 9.91. The lowest BCUT2D eigenvalue weighted by Crippen LogP contribution is -2.29. The van der Waals surface area contributed by atoms with Gasteiger partial charge in [-0.1, -0.05) is 36.3 Å². The first-order chi connectivity index (χ1) is 10.8. The van der Waals surface area contributed by atoms with Gasteiger partial charge >= 0.3 is 0 Å². The lowest BCUT2D eigenvalue weighted by molar-refractivity contribution is 0.578. The molecule has 0 aromatic heterocycles. The molecule has 1 aliphatic rings. The van der Waals surface area contributed by atoms with Crippen molar-refractivity contribution in [3.8, 4) is 12.3 Å². The second-order valence-corrected chi connectivity index (χ2v) is 5.76. The van der Waals surface area contributed by atoms with Crippen LogP contribution in [-0.4, -0.2) is 13.1 Å². The Labute approximate surface area is 131 Å². The molecule has 1 unspecified atom stereocenters. The summed E-state index contributed by atoms with van der Waals surface area (Å²) in [6, 6.07) is 15.0. The molecule has 112 valence electrons. The summed E-state index contributed by atoms with van der Waals surface area (Å²) in [7, 11) is 0. The third kappa shape index (κ3) is 2.99. The summed E-state index contributed by atoms with van der Waals surface area (Å²) >= 11 is 0. The van der Waals surface area contributed by atoms with Gasteiger partial charge < -0.3 is 4.90 Å². The van der Waals surface area contributed by atoms with E-state index in [1.54, 1.807) is 12.1 Å². The van der Waals surface area contributed by atoms with Crippen molar-refractivity contribution in [1.29, 1.82) is 0 Å². The second kappa shape index (κ2) is 6.66. The van der Waals surface area contributed by atoms with Gasteiger partial charge in [0.1, 0.15) is 5.82 Å². The molecule has 2 heteroatoms. The summed E-state index contributed by atoms with van der Waals surface area (Å²) in [5.41, 5.74) is 2.76. The Morgan fingerprint density at radius 3 is 2.27 bits per heavy atom. The molecule has 1 aliphatic heterocycles. The van der Waals surface area contributed by atoms with Gasteiger partial charge in [-0.2, -0.15) is 0 Å². The fourth-order valence-corrected chi connectivity index (χ4v) is 3.10. The van der Waals surface area contributed by atoms with E-state index in [1.165, 1.54) is 31.0 Å². The van der Waals surface area contributed by atoms with E-state index in [1.807, 2.05) is 18.2 Å². The number of hydrogen-bond acceptors (Lipinski definition) is 1. The lowest BCUT2D eigenvalue weighted by Gasteiger charge is -2.29. The van der Waals surface area contributed by atoms with Crippen molar-refractivity contribution in [1.82, 2.24) is 0 Å². The first-order valence-electron chi connectivity index (χ1n) is 7.85. The smallest absolute Gasteiger partial charge is 0.127 e. The number of anilines is 1. The molecule has 2 aromatic carbocycles. The first kappa shape index (κ1) is 14.7. The second-order valence-electron chi connectivity index (χ2n) is 5.76. The van der Waals surface area contributed by atoms with E-state index in [0.717, 1.165) is 18.7 Å². The molecule has 0 saturated carbocycles. The zero-order chi connectivity index (χ0) is 15.4. The van der Waals surface area contributed by atoms with Gasteiger partial charge in [-0.15, -0.1) is 6.42 Å². The normalized spacial score (nSPS) is 16.1. The predicted octanol–water partition coefficient (Wildman–Crippen LogP) is 4.58. The van der Waals surface area contributed by atoms with Gasteiger partial charge in [0.15, 0.2) is 0 Å². The van der Waals surface area contributed by atoms with E-state index in [4.69, 9.17) is 6.42 Å². The van der Waals surface area contributed by atoms with Crippen LogP contribution in [0, 0.1) is 18.2 Å². The summed E-state index contributed by atoms with van der Waals surface area (Å²) in [5.74, 6) is 2.14. The number of rotatable bonds is 3. The molecule has 1 atom stereocenters. The Morgan fingerprint density at radius 2 is 1.64 bits per heavy atom. The van der Waals surface area contributed by atoms with Gasteiger partial charge in [-0.05, 0) is 43.0 Å². The molecule has 0 spiro atoms. The number of piperidine rings is 1. The first-order valence-corrected chi connectivity index (χ1v) is 7.85. The number of nitrogens with zero attached hydrogens (tertiary/aromatic N) is 1. The van der Waals surface area contributed by atoms with Crippen molar-refractivity contribution < 1.29 is 4.39 Å². The van der Waals surface area contributed by atoms with Crippen molar-refractivity contribution in [2.75, 3.05) is 18.0 Å². The van der Waals surface area contributed by atoms with Crippen LogP contribution in [0.25, 0.3) is 0 Å². The Bertz CT molecular complexity index is 663. The monoisotopic (exact) mass is 293 g/mol. The maximum atomic E-state index is 14.0. The number of benzene rings is 2. The van der Waals surface area contributed by atoms with Gasteiger partial charge in [0.25, 0.3) is 0 Å². The van der Waals surface area contributed by atoms with Crippen LogP contribution in [0.5, 0.6) is 0 Å². The maximum Gasteiger partial charge on any atom is 0.127 e. The van der Waals surface area contributed by atoms with Gasteiger partial charge in [0.05, 0.1) is 5.92 Å². The van der Waals surface area contributed by atoms with E-state index >= 15 is 0 Å². The molecular weight excluding hydrogens is 273 g/mol. The topological polar surface area (TPSA) is 3.24 Å². The highest BCUT2D eigenvalue weighted by atomic mass is 19.1. The van der Waals surface area contributed by atoms with Crippen LogP contribution in [0.15, 0.2) is 48.5 Å². The van der Waals surface area contributed by atoms with E-state index in [9.17, 15) is 4.39 Å². The highest BCUT2D eigenvalue weighted by Gasteiger charge is 2.16. The minimum Gasteiger partial charge on any atom is -0.372 e. The highest BCUT2D eigenvalue weighted by molar-refractivity contribution is 5.51. The maximum absolute atomic E-state index is 14.0. The van der Waals surface area contributed by atoms with Crippen LogP contribution >= 0.6 is 0 Å². The van der Waals surface area contributed by atoms with Crippen LogP contribution < -0.4 is 4.90 Å². The van der Waals surface area contributed by atoms with Crippen molar-refractivity contribution in [2.24, 2.45) is 0 Å². The van der Waals surface area contributed by atoms with Crippen molar-refractivity contribution in [3.63, 3.8) is 0 Å². The molecule has 0 bridgehead atoms. The van der Waals surface area contributed by atoms with E-state index in [2.05, 4.69) is 23.0 Å². The predicted molar refractivity (Wildman–Crippen MR) is 89.6 cm³/mol. The van der Waals surface area contributed by atoms with Crippen molar-refractivity contribution in [2.45, 2.75) is 25.2 Å². The largest absolute Gasteiger partial charge is 0.372 e. The Morgan fingerprint density at radius 1 is 0.955 bits per heavy atom. The molecule has 3 rings (SSSR count). The van der Waals surface area contributed by atoms with Gasteiger partial charge in [-0.3, -0.25) is 0 Å². The zero-order valence-electron chi connectivity index (χ0n) is 12.6. The molecular formula is C20H20FN. The Kier molecular flexibility index (Phi) is 4.44. The summed E-state index contributed by atoms with van der Waals surface area (Å²) < 4.78 is 14.0.